The van der Waals surface area contributed by atoms with Crippen molar-refractivity contribution in [3.63, 3.8) is 0 Å². The number of para-hydroxylation sites is 2. The number of nitrogens with one attached hydrogen (secondary N) is 2. The van der Waals surface area contributed by atoms with E-state index in [1.807, 2.05) is 24.3 Å². The van der Waals surface area contributed by atoms with E-state index < -0.39 is 24.4 Å². The number of carbonyl (C=O) groups excluding carboxylic acids is 3. The standard InChI is InChI=1S/C26H20Br2IN3O5/c1-36-22-5-3-2-4-20(22)30-23(33)13-32-25(34)21(31-26(32)35)12-16-10-18(27)24(19(28)11-16)37-14-15-6-8-17(29)9-7-15/h2-12H,13-14H2,1H3,(H,30,33)(H,31,35)/b21-12+. The van der Waals surface area contributed by atoms with Crippen LogP contribution in [0.3, 0.4) is 0 Å². The highest BCUT2D eigenvalue weighted by Crippen LogP contribution is 2.36. The molecule has 190 valence electrons. The number of rotatable bonds is 8. The molecule has 0 spiro atoms. The molecule has 3 aromatic rings. The van der Waals surface area contributed by atoms with Gasteiger partial charge in [-0.05, 0) is 108 Å². The topological polar surface area (TPSA) is 97.0 Å². The molecular weight excluding hydrogens is 721 g/mol. The number of benzene rings is 3. The summed E-state index contributed by atoms with van der Waals surface area (Å²) >= 11 is 9.28. The van der Waals surface area contributed by atoms with Gasteiger partial charge >= 0.3 is 6.03 Å². The van der Waals surface area contributed by atoms with Gasteiger partial charge in [-0.1, -0.05) is 24.3 Å². The number of amides is 4. The molecule has 4 rings (SSSR count). The number of urea groups is 1. The van der Waals surface area contributed by atoms with Crippen LogP contribution in [0, 0.1) is 3.57 Å². The van der Waals surface area contributed by atoms with Crippen molar-refractivity contribution in [2.75, 3.05) is 19.0 Å². The van der Waals surface area contributed by atoms with Gasteiger partial charge < -0.3 is 20.1 Å². The zero-order valence-electron chi connectivity index (χ0n) is 19.4. The highest BCUT2D eigenvalue weighted by atomic mass is 127. The minimum atomic E-state index is -0.679. The van der Waals surface area contributed by atoms with Gasteiger partial charge in [0.1, 0.15) is 30.3 Å². The number of ether oxygens (including phenoxy) is 2. The Kier molecular flexibility index (Phi) is 8.87. The number of methoxy groups -OCH3 is 1. The highest BCUT2D eigenvalue weighted by molar-refractivity contribution is 14.1. The predicted octanol–water partition coefficient (Wildman–Crippen LogP) is 5.94. The van der Waals surface area contributed by atoms with Crippen molar-refractivity contribution >= 4 is 84.1 Å². The van der Waals surface area contributed by atoms with Gasteiger partial charge in [-0.3, -0.25) is 9.59 Å². The van der Waals surface area contributed by atoms with E-state index in [1.165, 1.54) is 13.2 Å². The van der Waals surface area contributed by atoms with Crippen LogP contribution in [0.15, 0.2) is 75.3 Å². The summed E-state index contributed by atoms with van der Waals surface area (Å²) in [6, 6.07) is 17.8. The Labute approximate surface area is 243 Å². The number of anilines is 1. The summed E-state index contributed by atoms with van der Waals surface area (Å²) in [6.07, 6.45) is 1.54. The lowest BCUT2D eigenvalue weighted by Gasteiger charge is -2.13. The fourth-order valence-corrected chi connectivity index (χ4v) is 5.31. The van der Waals surface area contributed by atoms with Crippen LogP contribution in [0.4, 0.5) is 10.5 Å². The third-order valence-electron chi connectivity index (χ3n) is 5.27. The molecule has 8 nitrogen and oxygen atoms in total. The second-order valence-electron chi connectivity index (χ2n) is 7.86. The quantitative estimate of drug-likeness (QED) is 0.170. The summed E-state index contributed by atoms with van der Waals surface area (Å²) in [5.74, 6) is -0.0614. The Morgan fingerprint density at radius 3 is 2.43 bits per heavy atom. The number of nitrogens with zero attached hydrogens (tertiary/aromatic N) is 1. The first-order valence-electron chi connectivity index (χ1n) is 10.9. The molecule has 37 heavy (non-hydrogen) atoms. The maximum atomic E-state index is 12.9. The molecule has 0 atom stereocenters. The molecule has 1 heterocycles. The second kappa shape index (κ2) is 12.1. The Morgan fingerprint density at radius 2 is 1.76 bits per heavy atom. The average molecular weight is 741 g/mol. The number of imide groups is 1. The third kappa shape index (κ3) is 6.70. The molecule has 1 fully saturated rings. The minimum Gasteiger partial charge on any atom is -0.495 e. The lowest BCUT2D eigenvalue weighted by molar-refractivity contribution is -0.127. The summed E-state index contributed by atoms with van der Waals surface area (Å²) in [6.45, 7) is -0.0618. The number of halogens is 3. The first-order valence-corrected chi connectivity index (χ1v) is 13.6. The number of hydrogen-bond donors (Lipinski definition) is 2. The summed E-state index contributed by atoms with van der Waals surface area (Å²) in [4.78, 5) is 38.7. The van der Waals surface area contributed by atoms with E-state index in [-0.39, 0.29) is 5.70 Å². The minimum absolute atomic E-state index is 0.0569. The van der Waals surface area contributed by atoms with Crippen molar-refractivity contribution in [3.8, 4) is 11.5 Å². The smallest absolute Gasteiger partial charge is 0.329 e. The maximum absolute atomic E-state index is 12.9. The van der Waals surface area contributed by atoms with Gasteiger partial charge in [-0.2, -0.15) is 0 Å². The zero-order valence-corrected chi connectivity index (χ0v) is 24.7. The fourth-order valence-electron chi connectivity index (χ4n) is 3.50. The molecule has 0 bridgehead atoms. The molecule has 1 saturated heterocycles. The zero-order chi connectivity index (χ0) is 26.5. The molecular formula is C26H20Br2IN3O5. The van der Waals surface area contributed by atoms with Crippen LogP contribution < -0.4 is 20.1 Å². The molecule has 0 aromatic heterocycles. The van der Waals surface area contributed by atoms with E-state index in [9.17, 15) is 14.4 Å². The van der Waals surface area contributed by atoms with Crippen LogP contribution in [-0.4, -0.2) is 36.4 Å². The van der Waals surface area contributed by atoms with Gasteiger partial charge in [-0.15, -0.1) is 0 Å². The lowest BCUT2D eigenvalue weighted by atomic mass is 10.2. The average Bonchev–Trinajstić information content (AvgIpc) is 3.12. The normalized spacial score (nSPS) is 14.1. The number of carbonyl (C=O) groups is 3. The van der Waals surface area contributed by atoms with E-state index in [0.29, 0.717) is 38.3 Å². The molecule has 0 aliphatic carbocycles. The van der Waals surface area contributed by atoms with E-state index in [0.717, 1.165) is 14.0 Å². The Balaban J connectivity index is 1.44. The predicted molar refractivity (Wildman–Crippen MR) is 155 cm³/mol. The summed E-state index contributed by atoms with van der Waals surface area (Å²) in [5.41, 5.74) is 2.17. The Morgan fingerprint density at radius 1 is 1.08 bits per heavy atom. The molecule has 0 saturated carbocycles. The molecule has 1 aliphatic heterocycles. The molecule has 11 heteroatoms. The van der Waals surface area contributed by atoms with Crippen LogP contribution in [0.1, 0.15) is 11.1 Å². The SMILES string of the molecule is COc1ccccc1NC(=O)CN1C(=O)N/C(=C/c2cc(Br)c(OCc3ccc(I)cc3)c(Br)c2)C1=O. The summed E-state index contributed by atoms with van der Waals surface area (Å²) in [7, 11) is 1.48. The van der Waals surface area contributed by atoms with Gasteiger partial charge in [-0.25, -0.2) is 9.69 Å². The third-order valence-corrected chi connectivity index (χ3v) is 7.17. The molecule has 0 radical (unpaired) electrons. The maximum Gasteiger partial charge on any atom is 0.329 e. The number of hydrogen-bond acceptors (Lipinski definition) is 5. The van der Waals surface area contributed by atoms with Gasteiger partial charge in [0.05, 0.1) is 21.7 Å². The van der Waals surface area contributed by atoms with Crippen molar-refractivity contribution < 1.29 is 23.9 Å². The van der Waals surface area contributed by atoms with Crippen LogP contribution >= 0.6 is 54.5 Å². The van der Waals surface area contributed by atoms with Crippen LogP contribution in [0.5, 0.6) is 11.5 Å². The van der Waals surface area contributed by atoms with Crippen molar-refractivity contribution in [3.05, 3.63) is 90.0 Å². The fraction of sp³-hybridized carbons (Fsp3) is 0.115. The molecule has 2 N–H and O–H groups in total. The molecule has 4 amide bonds. The van der Waals surface area contributed by atoms with Crippen molar-refractivity contribution in [1.82, 2.24) is 10.2 Å². The summed E-state index contributed by atoms with van der Waals surface area (Å²) in [5, 5.41) is 5.19. The van der Waals surface area contributed by atoms with Crippen LogP contribution in [-0.2, 0) is 16.2 Å². The lowest BCUT2D eigenvalue weighted by Crippen LogP contribution is -2.38. The first-order chi connectivity index (χ1) is 17.7. The van der Waals surface area contributed by atoms with Gasteiger partial charge in [0.25, 0.3) is 5.91 Å². The van der Waals surface area contributed by atoms with E-state index in [2.05, 4.69) is 65.1 Å². The first kappa shape index (κ1) is 27.1. The van der Waals surface area contributed by atoms with Crippen LogP contribution in [0.25, 0.3) is 6.08 Å². The van der Waals surface area contributed by atoms with Gasteiger partial charge in [0.15, 0.2) is 0 Å². The Bertz CT molecular complexity index is 1370. The monoisotopic (exact) mass is 739 g/mol. The molecule has 1 aliphatic rings. The second-order valence-corrected chi connectivity index (χ2v) is 10.8. The van der Waals surface area contributed by atoms with Crippen molar-refractivity contribution in [2.24, 2.45) is 0 Å². The van der Waals surface area contributed by atoms with Crippen LogP contribution in [0.2, 0.25) is 0 Å². The highest BCUT2D eigenvalue weighted by Gasteiger charge is 2.35. The largest absolute Gasteiger partial charge is 0.495 e. The van der Waals surface area contributed by atoms with Crippen molar-refractivity contribution in [2.45, 2.75) is 6.61 Å². The van der Waals surface area contributed by atoms with E-state index >= 15 is 0 Å². The summed E-state index contributed by atoms with van der Waals surface area (Å²) < 4.78 is 13.7. The van der Waals surface area contributed by atoms with Gasteiger partial charge in [0, 0.05) is 3.57 Å². The van der Waals surface area contributed by atoms with E-state index in [1.54, 1.807) is 36.4 Å². The molecule has 3 aromatic carbocycles. The Hall–Kier alpha value is -2.90. The van der Waals surface area contributed by atoms with Gasteiger partial charge in [0.2, 0.25) is 5.91 Å². The molecule has 0 unspecified atom stereocenters. The van der Waals surface area contributed by atoms with E-state index in [4.69, 9.17) is 9.47 Å². The van der Waals surface area contributed by atoms with Crippen molar-refractivity contribution in [1.29, 1.82) is 0 Å².